The van der Waals surface area contributed by atoms with Crippen LogP contribution in [-0.4, -0.2) is 45.8 Å². The van der Waals surface area contributed by atoms with Crippen LogP contribution < -0.4 is 4.74 Å². The first kappa shape index (κ1) is 16.5. The topological polar surface area (TPSA) is 78.5 Å². The summed E-state index contributed by atoms with van der Waals surface area (Å²) in [5, 5.41) is 17.8. The number of aromatic amines is 1. The fourth-order valence-electron chi connectivity index (χ4n) is 3.42. The second-order valence-electron chi connectivity index (χ2n) is 6.38. The molecule has 0 aliphatic carbocycles. The molecule has 1 aromatic carbocycles. The number of benzene rings is 1. The van der Waals surface area contributed by atoms with Crippen LogP contribution in [0.2, 0.25) is 0 Å². The van der Waals surface area contributed by atoms with Crippen molar-refractivity contribution in [3.8, 4) is 5.75 Å². The molecular formula is C18H23N3O3. The van der Waals surface area contributed by atoms with Crippen molar-refractivity contribution in [2.45, 2.75) is 37.8 Å². The lowest BCUT2D eigenvalue weighted by molar-refractivity contribution is -0.137. The Kier molecular flexibility index (Phi) is 4.57. The van der Waals surface area contributed by atoms with E-state index in [-0.39, 0.29) is 18.4 Å². The minimum Gasteiger partial charge on any atom is -0.497 e. The van der Waals surface area contributed by atoms with E-state index >= 15 is 0 Å². The Morgan fingerprint density at radius 2 is 2.17 bits per heavy atom. The summed E-state index contributed by atoms with van der Waals surface area (Å²) in [5.41, 5.74) is 0.469. The number of hydrogen-bond acceptors (Lipinski definition) is 4. The predicted octanol–water partition coefficient (Wildman–Crippen LogP) is 1.86. The summed E-state index contributed by atoms with van der Waals surface area (Å²) in [5.74, 6) is 0.753. The Labute approximate surface area is 141 Å². The van der Waals surface area contributed by atoms with Gasteiger partial charge < -0.3 is 14.7 Å². The molecule has 0 bridgehead atoms. The summed E-state index contributed by atoms with van der Waals surface area (Å²) in [6, 6.07) is 8.93. The fraction of sp³-hybridized carbons (Fsp3) is 0.444. The number of methoxy groups -OCH3 is 1. The molecule has 128 valence electrons. The van der Waals surface area contributed by atoms with E-state index in [1.54, 1.807) is 31.2 Å². The summed E-state index contributed by atoms with van der Waals surface area (Å²) in [7, 11) is 1.61. The van der Waals surface area contributed by atoms with Crippen molar-refractivity contribution in [2.24, 2.45) is 0 Å². The second kappa shape index (κ2) is 6.65. The van der Waals surface area contributed by atoms with Gasteiger partial charge in [-0.25, -0.2) is 0 Å². The Morgan fingerprint density at radius 3 is 2.79 bits per heavy atom. The molecule has 6 nitrogen and oxygen atoms in total. The van der Waals surface area contributed by atoms with Crippen LogP contribution in [0.15, 0.2) is 36.5 Å². The number of aliphatic hydroxyl groups is 1. The second-order valence-corrected chi connectivity index (χ2v) is 6.38. The molecule has 1 fully saturated rings. The predicted molar refractivity (Wildman–Crippen MR) is 89.6 cm³/mol. The minimum atomic E-state index is -1.10. The first-order chi connectivity index (χ1) is 11.5. The first-order valence-electron chi connectivity index (χ1n) is 8.17. The summed E-state index contributed by atoms with van der Waals surface area (Å²) < 4.78 is 5.17. The molecule has 0 radical (unpaired) electrons. The van der Waals surface area contributed by atoms with Crippen molar-refractivity contribution in [1.29, 1.82) is 0 Å². The molecule has 1 aromatic heterocycles. The van der Waals surface area contributed by atoms with Crippen molar-refractivity contribution in [3.63, 3.8) is 0 Å². The number of amides is 1. The van der Waals surface area contributed by atoms with Crippen LogP contribution in [0.5, 0.6) is 5.75 Å². The maximum absolute atomic E-state index is 12.6. The van der Waals surface area contributed by atoms with Gasteiger partial charge >= 0.3 is 0 Å². The number of likely N-dealkylation sites (tertiary alicyclic amines) is 1. The van der Waals surface area contributed by atoms with Crippen LogP contribution in [0, 0.1) is 0 Å². The third-order valence-electron chi connectivity index (χ3n) is 4.80. The van der Waals surface area contributed by atoms with Crippen LogP contribution in [0.25, 0.3) is 0 Å². The molecule has 2 heterocycles. The highest BCUT2D eigenvalue weighted by atomic mass is 16.5. The average Bonchev–Trinajstić information content (AvgIpc) is 3.26. The minimum absolute atomic E-state index is 0.00976. The monoisotopic (exact) mass is 329 g/mol. The van der Waals surface area contributed by atoms with Crippen molar-refractivity contribution in [2.75, 3.05) is 13.7 Å². The van der Waals surface area contributed by atoms with Gasteiger partial charge in [-0.2, -0.15) is 5.10 Å². The van der Waals surface area contributed by atoms with E-state index in [0.29, 0.717) is 6.54 Å². The highest BCUT2D eigenvalue weighted by molar-refractivity contribution is 5.79. The average molecular weight is 329 g/mol. The molecule has 0 spiro atoms. The van der Waals surface area contributed by atoms with Crippen molar-refractivity contribution in [1.82, 2.24) is 15.1 Å². The summed E-state index contributed by atoms with van der Waals surface area (Å²) in [4.78, 5) is 14.4. The van der Waals surface area contributed by atoms with Crippen LogP contribution in [0.4, 0.5) is 0 Å². The molecule has 1 aliphatic rings. The van der Waals surface area contributed by atoms with Crippen LogP contribution in [0.1, 0.15) is 31.0 Å². The van der Waals surface area contributed by atoms with Gasteiger partial charge in [-0.15, -0.1) is 0 Å². The van der Waals surface area contributed by atoms with Crippen molar-refractivity contribution in [3.05, 3.63) is 47.8 Å². The Hall–Kier alpha value is -2.34. The third-order valence-corrected chi connectivity index (χ3v) is 4.80. The molecule has 6 heteroatoms. The Balaban J connectivity index is 1.78. The van der Waals surface area contributed by atoms with Gasteiger partial charge in [0, 0.05) is 18.4 Å². The number of carbonyl (C=O) groups is 1. The number of H-pyrrole nitrogens is 1. The Bertz CT molecular complexity index is 680. The molecule has 0 saturated carbocycles. The number of ether oxygens (including phenoxy) is 1. The molecule has 2 N–H and O–H groups in total. The van der Waals surface area contributed by atoms with E-state index in [0.717, 1.165) is 29.8 Å². The number of carbonyl (C=O) groups excluding carboxylic acids is 1. The summed E-state index contributed by atoms with van der Waals surface area (Å²) in [6.45, 7) is 2.45. The van der Waals surface area contributed by atoms with Gasteiger partial charge in [0.05, 0.1) is 19.6 Å². The van der Waals surface area contributed by atoms with E-state index in [1.165, 1.54) is 0 Å². The van der Waals surface area contributed by atoms with Crippen molar-refractivity contribution >= 4 is 5.91 Å². The summed E-state index contributed by atoms with van der Waals surface area (Å²) >= 11 is 0. The zero-order valence-electron chi connectivity index (χ0n) is 14.0. The van der Waals surface area contributed by atoms with Gasteiger partial charge in [0.25, 0.3) is 0 Å². The molecule has 0 unspecified atom stereocenters. The van der Waals surface area contributed by atoms with Crippen LogP contribution in [0.3, 0.4) is 0 Å². The van der Waals surface area contributed by atoms with E-state index in [2.05, 4.69) is 10.2 Å². The highest BCUT2D eigenvalue weighted by Gasteiger charge is 2.42. The van der Waals surface area contributed by atoms with Gasteiger partial charge in [0.15, 0.2) is 0 Å². The van der Waals surface area contributed by atoms with Crippen LogP contribution >= 0.6 is 0 Å². The van der Waals surface area contributed by atoms with E-state index in [9.17, 15) is 9.90 Å². The molecule has 2 atom stereocenters. The molecule has 1 amide bonds. The van der Waals surface area contributed by atoms with E-state index in [4.69, 9.17) is 4.74 Å². The maximum Gasteiger partial charge on any atom is 0.228 e. The molecule has 2 aromatic rings. The SMILES string of the molecule is COc1ccc([C@](C)(O)[C@H]2CCCN2C(=O)Cc2ccn[nH]2)cc1. The number of aromatic nitrogens is 2. The Morgan fingerprint density at radius 1 is 1.42 bits per heavy atom. The van der Waals surface area contributed by atoms with E-state index < -0.39 is 5.60 Å². The quantitative estimate of drug-likeness (QED) is 0.878. The van der Waals surface area contributed by atoms with Gasteiger partial charge in [0.1, 0.15) is 11.4 Å². The first-order valence-corrected chi connectivity index (χ1v) is 8.17. The normalized spacial score (nSPS) is 20.0. The van der Waals surface area contributed by atoms with Crippen molar-refractivity contribution < 1.29 is 14.6 Å². The lowest BCUT2D eigenvalue weighted by Gasteiger charge is -2.37. The van der Waals surface area contributed by atoms with Gasteiger partial charge in [-0.1, -0.05) is 12.1 Å². The number of rotatable bonds is 5. The van der Waals surface area contributed by atoms with Gasteiger partial charge in [-0.05, 0) is 43.5 Å². The highest BCUT2D eigenvalue weighted by Crippen LogP contribution is 2.35. The van der Waals surface area contributed by atoms with Gasteiger partial charge in [-0.3, -0.25) is 9.89 Å². The van der Waals surface area contributed by atoms with Gasteiger partial charge in [0.2, 0.25) is 5.91 Å². The summed E-state index contributed by atoms with van der Waals surface area (Å²) in [6.07, 6.45) is 3.59. The number of nitrogens with zero attached hydrogens (tertiary/aromatic N) is 2. The number of hydrogen-bond donors (Lipinski definition) is 2. The lowest BCUT2D eigenvalue weighted by Crippen LogP contribution is -2.48. The van der Waals surface area contributed by atoms with Crippen LogP contribution in [-0.2, 0) is 16.8 Å². The maximum atomic E-state index is 12.6. The zero-order chi connectivity index (χ0) is 17.2. The van der Waals surface area contributed by atoms with E-state index in [1.807, 2.05) is 24.3 Å². The number of nitrogens with one attached hydrogen (secondary N) is 1. The standard InChI is InChI=1S/C18H23N3O3/c1-18(23,13-5-7-15(24-2)8-6-13)16-4-3-11-21(16)17(22)12-14-9-10-19-20-14/h5-10,16,23H,3-4,11-12H2,1-2H3,(H,19,20)/t16-,18+/m1/s1. The molecule has 24 heavy (non-hydrogen) atoms. The largest absolute Gasteiger partial charge is 0.497 e. The molecule has 1 saturated heterocycles. The third kappa shape index (κ3) is 3.14. The fourth-order valence-corrected chi connectivity index (χ4v) is 3.42. The molecule has 3 rings (SSSR count). The smallest absolute Gasteiger partial charge is 0.228 e. The lowest BCUT2D eigenvalue weighted by atomic mass is 9.86. The zero-order valence-corrected chi connectivity index (χ0v) is 14.0. The molecular weight excluding hydrogens is 306 g/mol. The molecule has 1 aliphatic heterocycles.